The predicted molar refractivity (Wildman–Crippen MR) is 97.5 cm³/mol. The first kappa shape index (κ1) is 19.5. The second-order valence-corrected chi connectivity index (χ2v) is 7.12. The van der Waals surface area contributed by atoms with Crippen LogP contribution in [0, 0.1) is 0 Å². The van der Waals surface area contributed by atoms with Gasteiger partial charge in [-0.05, 0) is 30.2 Å². The lowest BCUT2D eigenvalue weighted by atomic mass is 9.92. The number of ether oxygens (including phenoxy) is 1. The lowest BCUT2D eigenvalue weighted by Crippen LogP contribution is -2.27. The van der Waals surface area contributed by atoms with E-state index in [9.17, 15) is 9.59 Å². The Hall–Kier alpha value is -2.83. The molecule has 0 saturated heterocycles. The van der Waals surface area contributed by atoms with E-state index in [0.717, 1.165) is 11.3 Å². The minimum Gasteiger partial charge on any atom is -0.482 e. The number of carbonyl (C=O) groups excluding carboxylic acids is 1. The quantitative estimate of drug-likeness (QED) is 0.790. The number of nitrogens with zero attached hydrogens (tertiary/aromatic N) is 2. The molecule has 26 heavy (non-hydrogen) atoms. The number of nitrogens with one attached hydrogen (secondary N) is 1. The Kier molecular flexibility index (Phi) is 6.02. The molecule has 0 spiro atoms. The van der Waals surface area contributed by atoms with E-state index in [-0.39, 0.29) is 17.9 Å². The van der Waals surface area contributed by atoms with Gasteiger partial charge in [0.25, 0.3) is 5.91 Å². The van der Waals surface area contributed by atoms with Crippen molar-refractivity contribution < 1.29 is 19.4 Å². The average Bonchev–Trinajstić information content (AvgIpc) is 2.96. The van der Waals surface area contributed by atoms with Crippen LogP contribution in [0.25, 0.3) is 0 Å². The van der Waals surface area contributed by atoms with E-state index in [1.54, 1.807) is 23.9 Å². The number of carboxylic acid groups (broad SMARTS) is 1. The van der Waals surface area contributed by atoms with Crippen LogP contribution >= 0.6 is 0 Å². The van der Waals surface area contributed by atoms with Crippen molar-refractivity contribution in [2.24, 2.45) is 7.05 Å². The number of hydrogen-bond acceptors (Lipinski definition) is 4. The third kappa shape index (κ3) is 5.34. The fourth-order valence-electron chi connectivity index (χ4n) is 2.35. The van der Waals surface area contributed by atoms with Crippen molar-refractivity contribution in [2.45, 2.75) is 32.6 Å². The van der Waals surface area contributed by atoms with Gasteiger partial charge in [0.2, 0.25) is 0 Å². The van der Waals surface area contributed by atoms with Crippen LogP contribution in [0.15, 0.2) is 30.3 Å². The van der Waals surface area contributed by atoms with Gasteiger partial charge >= 0.3 is 5.97 Å². The van der Waals surface area contributed by atoms with Crippen LogP contribution in [0.2, 0.25) is 0 Å². The third-order valence-electron chi connectivity index (χ3n) is 3.87. The van der Waals surface area contributed by atoms with Gasteiger partial charge in [0.05, 0.1) is 5.69 Å². The second kappa shape index (κ2) is 8.03. The summed E-state index contributed by atoms with van der Waals surface area (Å²) in [4.78, 5) is 22.8. The molecule has 0 radical (unpaired) electrons. The molecule has 0 bridgehead atoms. The fraction of sp³-hybridized carbons (Fsp3) is 0.421. The molecule has 7 heteroatoms. The van der Waals surface area contributed by atoms with E-state index in [0.29, 0.717) is 24.4 Å². The number of benzene rings is 1. The third-order valence-corrected chi connectivity index (χ3v) is 3.87. The van der Waals surface area contributed by atoms with Gasteiger partial charge < -0.3 is 15.2 Å². The molecular weight excluding hydrogens is 334 g/mol. The van der Waals surface area contributed by atoms with Crippen LogP contribution in [0.4, 0.5) is 0 Å². The first-order valence-electron chi connectivity index (χ1n) is 8.43. The highest BCUT2D eigenvalue weighted by molar-refractivity contribution is 5.92. The summed E-state index contributed by atoms with van der Waals surface area (Å²) in [7, 11) is 1.76. The molecule has 7 nitrogen and oxygen atoms in total. The molecule has 0 fully saturated rings. The van der Waals surface area contributed by atoms with Gasteiger partial charge in [-0.1, -0.05) is 32.9 Å². The maximum absolute atomic E-state index is 12.4. The molecule has 1 aromatic carbocycles. The Labute approximate surface area is 153 Å². The molecule has 140 valence electrons. The fourth-order valence-corrected chi connectivity index (χ4v) is 2.35. The largest absolute Gasteiger partial charge is 0.482 e. The average molecular weight is 359 g/mol. The smallest absolute Gasteiger partial charge is 0.341 e. The van der Waals surface area contributed by atoms with Gasteiger partial charge in [0, 0.05) is 19.0 Å². The molecule has 1 heterocycles. The number of aryl methyl sites for hydroxylation is 1. The Morgan fingerprint density at radius 3 is 2.42 bits per heavy atom. The Bertz CT molecular complexity index is 773. The first-order chi connectivity index (χ1) is 12.2. The van der Waals surface area contributed by atoms with Gasteiger partial charge in [0.1, 0.15) is 11.4 Å². The number of carbonyl (C=O) groups is 2. The summed E-state index contributed by atoms with van der Waals surface area (Å²) >= 11 is 0. The van der Waals surface area contributed by atoms with E-state index in [1.807, 2.05) is 18.2 Å². The molecular formula is C19H25N3O4. The zero-order chi connectivity index (χ0) is 19.3. The maximum Gasteiger partial charge on any atom is 0.341 e. The molecule has 2 aromatic rings. The summed E-state index contributed by atoms with van der Waals surface area (Å²) in [6, 6.07) is 8.97. The van der Waals surface area contributed by atoms with Crippen LogP contribution in [-0.4, -0.2) is 39.9 Å². The summed E-state index contributed by atoms with van der Waals surface area (Å²) in [6.45, 7) is 6.30. The van der Waals surface area contributed by atoms with E-state index < -0.39 is 5.97 Å². The summed E-state index contributed by atoms with van der Waals surface area (Å²) in [5.74, 6) is -0.664. The highest BCUT2D eigenvalue weighted by atomic mass is 16.5. The van der Waals surface area contributed by atoms with E-state index in [2.05, 4.69) is 31.2 Å². The minimum atomic E-state index is -1.01. The lowest BCUT2D eigenvalue weighted by molar-refractivity contribution is -0.139. The van der Waals surface area contributed by atoms with E-state index in [1.165, 1.54) is 0 Å². The van der Waals surface area contributed by atoms with Crippen molar-refractivity contribution in [2.75, 3.05) is 13.2 Å². The standard InChI is InChI=1S/C19H25N3O4/c1-19(2,3)16-11-15(22(4)21-16)18(25)20-10-9-13-5-7-14(8-6-13)26-12-17(23)24/h5-8,11H,9-10,12H2,1-4H3,(H,20,25)(H,23,24). The summed E-state index contributed by atoms with van der Waals surface area (Å²) in [6.07, 6.45) is 0.662. The monoisotopic (exact) mass is 359 g/mol. The number of aromatic nitrogens is 2. The molecule has 0 unspecified atom stereocenters. The van der Waals surface area contributed by atoms with Crippen molar-refractivity contribution >= 4 is 11.9 Å². The molecule has 1 aromatic heterocycles. The van der Waals surface area contributed by atoms with Gasteiger partial charge in [-0.2, -0.15) is 5.10 Å². The van der Waals surface area contributed by atoms with Crippen LogP contribution in [0.5, 0.6) is 5.75 Å². The molecule has 2 N–H and O–H groups in total. The summed E-state index contributed by atoms with van der Waals surface area (Å²) < 4.78 is 6.69. The second-order valence-electron chi connectivity index (χ2n) is 7.12. The predicted octanol–water partition coefficient (Wildman–Crippen LogP) is 2.15. The molecule has 0 aliphatic carbocycles. The SMILES string of the molecule is Cn1nc(C(C)(C)C)cc1C(=O)NCCc1ccc(OCC(=O)O)cc1. The van der Waals surface area contributed by atoms with E-state index in [4.69, 9.17) is 9.84 Å². The molecule has 2 rings (SSSR count). The van der Waals surface area contributed by atoms with Crippen LogP contribution in [0.3, 0.4) is 0 Å². The number of rotatable bonds is 7. The van der Waals surface area contributed by atoms with Gasteiger partial charge in [0.15, 0.2) is 6.61 Å². The van der Waals surface area contributed by atoms with Crippen molar-refractivity contribution in [3.8, 4) is 5.75 Å². The molecule has 0 saturated carbocycles. The Morgan fingerprint density at radius 2 is 1.88 bits per heavy atom. The van der Waals surface area contributed by atoms with Crippen molar-refractivity contribution in [1.29, 1.82) is 0 Å². The number of amides is 1. The highest BCUT2D eigenvalue weighted by Gasteiger charge is 2.21. The highest BCUT2D eigenvalue weighted by Crippen LogP contribution is 2.21. The van der Waals surface area contributed by atoms with Crippen molar-refractivity contribution in [3.63, 3.8) is 0 Å². The normalized spacial score (nSPS) is 11.2. The van der Waals surface area contributed by atoms with E-state index >= 15 is 0 Å². The van der Waals surface area contributed by atoms with Gasteiger partial charge in [-0.15, -0.1) is 0 Å². The number of carboxylic acids is 1. The molecule has 0 atom stereocenters. The lowest BCUT2D eigenvalue weighted by Gasteiger charge is -2.13. The summed E-state index contributed by atoms with van der Waals surface area (Å²) in [5.41, 5.74) is 2.32. The Morgan fingerprint density at radius 1 is 1.23 bits per heavy atom. The van der Waals surface area contributed by atoms with Crippen LogP contribution in [-0.2, 0) is 23.7 Å². The molecule has 1 amide bonds. The number of hydrogen-bond donors (Lipinski definition) is 2. The first-order valence-corrected chi connectivity index (χ1v) is 8.43. The Balaban J connectivity index is 1.87. The summed E-state index contributed by atoms with van der Waals surface area (Å²) in [5, 5.41) is 15.9. The van der Waals surface area contributed by atoms with Gasteiger partial charge in [-0.25, -0.2) is 4.79 Å². The minimum absolute atomic E-state index is 0.110. The molecule has 0 aliphatic heterocycles. The number of aliphatic carboxylic acids is 1. The van der Waals surface area contributed by atoms with Gasteiger partial charge in [-0.3, -0.25) is 9.48 Å². The molecule has 0 aliphatic rings. The topological polar surface area (TPSA) is 93.5 Å². The van der Waals surface area contributed by atoms with Crippen molar-refractivity contribution in [3.05, 3.63) is 47.3 Å². The van der Waals surface area contributed by atoms with Crippen LogP contribution in [0.1, 0.15) is 42.5 Å². The maximum atomic E-state index is 12.4. The van der Waals surface area contributed by atoms with Crippen LogP contribution < -0.4 is 10.1 Å². The van der Waals surface area contributed by atoms with Crippen molar-refractivity contribution in [1.82, 2.24) is 15.1 Å². The zero-order valence-electron chi connectivity index (χ0n) is 15.6. The zero-order valence-corrected chi connectivity index (χ0v) is 15.6.